The van der Waals surface area contributed by atoms with E-state index in [-0.39, 0.29) is 5.78 Å². The van der Waals surface area contributed by atoms with Crippen molar-refractivity contribution >= 4 is 16.8 Å². The highest BCUT2D eigenvalue weighted by atomic mass is 16.3. The van der Waals surface area contributed by atoms with Crippen LogP contribution in [0.4, 0.5) is 0 Å². The Kier molecular flexibility index (Phi) is 3.62. The van der Waals surface area contributed by atoms with Crippen LogP contribution in [0.25, 0.3) is 11.0 Å². The number of Topliss-reactive ketones (excluding diaryl/α,β-unsaturated/α-hetero) is 1. The molecular weight excluding hydrogens is 250 g/mol. The molecule has 1 aliphatic rings. The number of furan rings is 1. The standard InChI is InChI=1S/C17H21NO2/c1-12(2)18(9-13-7-8-13)10-16(19)15-11-20-17-6-4-3-5-14(15)17/h3-6,11-13H,7-10H2,1-2H3. The zero-order chi connectivity index (χ0) is 14.1. The first-order chi connectivity index (χ1) is 9.65. The fourth-order valence-corrected chi connectivity index (χ4v) is 2.55. The van der Waals surface area contributed by atoms with Crippen LogP contribution < -0.4 is 0 Å². The maximum atomic E-state index is 12.5. The number of fused-ring (bicyclic) bond motifs is 1. The molecule has 20 heavy (non-hydrogen) atoms. The third-order valence-corrected chi connectivity index (χ3v) is 4.05. The van der Waals surface area contributed by atoms with Crippen molar-refractivity contribution in [1.82, 2.24) is 4.90 Å². The van der Waals surface area contributed by atoms with Crippen molar-refractivity contribution in [3.8, 4) is 0 Å². The molecule has 0 N–H and O–H groups in total. The van der Waals surface area contributed by atoms with Crippen molar-refractivity contribution in [1.29, 1.82) is 0 Å². The van der Waals surface area contributed by atoms with Crippen molar-refractivity contribution in [3.05, 3.63) is 36.1 Å². The highest BCUT2D eigenvalue weighted by Crippen LogP contribution is 2.30. The van der Waals surface area contributed by atoms with Gasteiger partial charge in [-0.05, 0) is 38.7 Å². The second kappa shape index (κ2) is 5.41. The first-order valence-corrected chi connectivity index (χ1v) is 7.38. The van der Waals surface area contributed by atoms with E-state index >= 15 is 0 Å². The lowest BCUT2D eigenvalue weighted by Crippen LogP contribution is -2.37. The number of nitrogens with zero attached hydrogens (tertiary/aromatic N) is 1. The molecular formula is C17H21NO2. The van der Waals surface area contributed by atoms with Crippen LogP contribution in [-0.4, -0.2) is 29.8 Å². The van der Waals surface area contributed by atoms with E-state index in [4.69, 9.17) is 4.42 Å². The Morgan fingerprint density at radius 1 is 1.35 bits per heavy atom. The van der Waals surface area contributed by atoms with E-state index in [0.29, 0.717) is 18.2 Å². The van der Waals surface area contributed by atoms with Crippen molar-refractivity contribution < 1.29 is 9.21 Å². The van der Waals surface area contributed by atoms with E-state index in [9.17, 15) is 4.79 Å². The van der Waals surface area contributed by atoms with Gasteiger partial charge in [0.25, 0.3) is 0 Å². The van der Waals surface area contributed by atoms with Gasteiger partial charge in [-0.3, -0.25) is 9.69 Å². The lowest BCUT2D eigenvalue weighted by molar-refractivity contribution is 0.0901. The highest BCUT2D eigenvalue weighted by molar-refractivity contribution is 6.08. The van der Waals surface area contributed by atoms with Gasteiger partial charge < -0.3 is 4.42 Å². The summed E-state index contributed by atoms with van der Waals surface area (Å²) in [6.45, 7) is 5.84. The second-order valence-corrected chi connectivity index (χ2v) is 6.04. The largest absolute Gasteiger partial charge is 0.464 e. The van der Waals surface area contributed by atoms with Gasteiger partial charge in [-0.15, -0.1) is 0 Å². The molecule has 0 unspecified atom stereocenters. The van der Waals surface area contributed by atoms with Crippen LogP contribution in [-0.2, 0) is 0 Å². The summed E-state index contributed by atoms with van der Waals surface area (Å²) >= 11 is 0. The summed E-state index contributed by atoms with van der Waals surface area (Å²) in [5.74, 6) is 0.954. The van der Waals surface area contributed by atoms with Crippen molar-refractivity contribution in [3.63, 3.8) is 0 Å². The summed E-state index contributed by atoms with van der Waals surface area (Å²) in [4.78, 5) is 14.8. The van der Waals surface area contributed by atoms with Gasteiger partial charge in [-0.2, -0.15) is 0 Å². The van der Waals surface area contributed by atoms with Gasteiger partial charge in [0.2, 0.25) is 0 Å². The minimum Gasteiger partial charge on any atom is -0.464 e. The van der Waals surface area contributed by atoms with Crippen molar-refractivity contribution in [2.24, 2.45) is 5.92 Å². The van der Waals surface area contributed by atoms with Gasteiger partial charge in [0.1, 0.15) is 11.8 Å². The molecule has 106 valence electrons. The molecule has 1 heterocycles. The van der Waals surface area contributed by atoms with Gasteiger partial charge >= 0.3 is 0 Å². The molecule has 1 aliphatic carbocycles. The summed E-state index contributed by atoms with van der Waals surface area (Å²) in [7, 11) is 0. The molecule has 1 aromatic heterocycles. The topological polar surface area (TPSA) is 33.5 Å². The fourth-order valence-electron chi connectivity index (χ4n) is 2.55. The van der Waals surface area contributed by atoms with Crippen LogP contribution in [0.1, 0.15) is 37.0 Å². The van der Waals surface area contributed by atoms with Crippen LogP contribution in [0.15, 0.2) is 34.9 Å². The van der Waals surface area contributed by atoms with Gasteiger partial charge in [0.15, 0.2) is 5.78 Å². The van der Waals surface area contributed by atoms with Crippen LogP contribution in [0.2, 0.25) is 0 Å². The number of ketones is 1. The van der Waals surface area contributed by atoms with Crippen molar-refractivity contribution in [2.75, 3.05) is 13.1 Å². The number of rotatable bonds is 6. The first-order valence-electron chi connectivity index (χ1n) is 7.38. The number of carbonyl (C=O) groups is 1. The summed E-state index contributed by atoms with van der Waals surface area (Å²) in [5.41, 5.74) is 1.50. The molecule has 3 heteroatoms. The highest BCUT2D eigenvalue weighted by Gasteiger charge is 2.27. The summed E-state index contributed by atoms with van der Waals surface area (Å²) in [6.07, 6.45) is 4.22. The molecule has 1 fully saturated rings. The monoisotopic (exact) mass is 271 g/mol. The second-order valence-electron chi connectivity index (χ2n) is 6.04. The molecule has 0 saturated heterocycles. The molecule has 0 atom stereocenters. The van der Waals surface area contributed by atoms with Crippen molar-refractivity contribution in [2.45, 2.75) is 32.7 Å². The Hall–Kier alpha value is -1.61. The number of benzene rings is 1. The quantitative estimate of drug-likeness (QED) is 0.750. The van der Waals surface area contributed by atoms with E-state index < -0.39 is 0 Å². The summed E-state index contributed by atoms with van der Waals surface area (Å²) in [6, 6.07) is 8.12. The molecule has 0 aliphatic heterocycles. The van der Waals surface area contributed by atoms with E-state index in [1.165, 1.54) is 12.8 Å². The molecule has 3 nitrogen and oxygen atoms in total. The fraction of sp³-hybridized carbons (Fsp3) is 0.471. The molecule has 3 rings (SSSR count). The van der Waals surface area contributed by atoms with Crippen LogP contribution in [0.3, 0.4) is 0 Å². The Labute approximate surface area is 119 Å². The lowest BCUT2D eigenvalue weighted by Gasteiger charge is -2.25. The van der Waals surface area contributed by atoms with Crippen LogP contribution >= 0.6 is 0 Å². The molecule has 0 bridgehead atoms. The van der Waals surface area contributed by atoms with Gasteiger partial charge in [0, 0.05) is 18.0 Å². The lowest BCUT2D eigenvalue weighted by atomic mass is 10.1. The number of carbonyl (C=O) groups excluding carboxylic acids is 1. The molecule has 1 aromatic carbocycles. The first kappa shape index (κ1) is 13.4. The summed E-state index contributed by atoms with van der Waals surface area (Å²) in [5, 5.41) is 0.924. The number of para-hydroxylation sites is 1. The predicted octanol–water partition coefficient (Wildman–Crippen LogP) is 3.74. The van der Waals surface area contributed by atoms with Crippen LogP contribution in [0, 0.1) is 5.92 Å². The van der Waals surface area contributed by atoms with Gasteiger partial charge in [0.05, 0.1) is 12.1 Å². The zero-order valence-corrected chi connectivity index (χ0v) is 12.1. The Morgan fingerprint density at radius 3 is 2.80 bits per heavy atom. The van der Waals surface area contributed by atoms with Gasteiger partial charge in [-0.25, -0.2) is 0 Å². The minimum atomic E-state index is 0.157. The average Bonchev–Trinajstić information content (AvgIpc) is 3.14. The third-order valence-electron chi connectivity index (χ3n) is 4.05. The maximum absolute atomic E-state index is 12.5. The number of hydrogen-bond donors (Lipinski definition) is 0. The molecule has 2 aromatic rings. The molecule has 1 saturated carbocycles. The summed E-state index contributed by atoms with van der Waals surface area (Å²) < 4.78 is 5.47. The van der Waals surface area contributed by atoms with E-state index in [1.807, 2.05) is 24.3 Å². The minimum absolute atomic E-state index is 0.157. The molecule has 0 amide bonds. The smallest absolute Gasteiger partial charge is 0.180 e. The van der Waals surface area contributed by atoms with E-state index in [0.717, 1.165) is 23.4 Å². The Balaban J connectivity index is 1.77. The predicted molar refractivity (Wildman–Crippen MR) is 80.0 cm³/mol. The number of hydrogen-bond acceptors (Lipinski definition) is 3. The molecule has 0 radical (unpaired) electrons. The Morgan fingerprint density at radius 2 is 2.10 bits per heavy atom. The van der Waals surface area contributed by atoms with E-state index in [1.54, 1.807) is 6.26 Å². The normalized spacial score (nSPS) is 15.4. The Bertz CT molecular complexity index is 610. The maximum Gasteiger partial charge on any atom is 0.180 e. The van der Waals surface area contributed by atoms with Crippen LogP contribution in [0.5, 0.6) is 0 Å². The average molecular weight is 271 g/mol. The SMILES string of the molecule is CC(C)N(CC(=O)c1coc2ccccc12)CC1CC1. The molecule has 0 spiro atoms. The third kappa shape index (κ3) is 2.78. The zero-order valence-electron chi connectivity index (χ0n) is 12.1. The van der Waals surface area contributed by atoms with Gasteiger partial charge in [-0.1, -0.05) is 18.2 Å². The van der Waals surface area contributed by atoms with E-state index in [2.05, 4.69) is 18.7 Å².